The molecule has 148 valence electrons. The number of hydrogen-bond donors (Lipinski definition) is 1. The second kappa shape index (κ2) is 8.51. The van der Waals surface area contributed by atoms with Gasteiger partial charge in [-0.3, -0.25) is 9.69 Å². The van der Waals surface area contributed by atoms with Crippen LogP contribution in [0.25, 0.3) is 0 Å². The van der Waals surface area contributed by atoms with Gasteiger partial charge in [-0.1, -0.05) is 6.07 Å². The fourth-order valence-electron chi connectivity index (χ4n) is 2.90. The van der Waals surface area contributed by atoms with Crippen LogP contribution in [0.15, 0.2) is 42.5 Å². The number of nitrogens with zero attached hydrogens (tertiary/aromatic N) is 1. The standard InChI is InChI=1S/C20H22N2O6/c1-25-15-6-4-5-13(9-15)19(23)21-11-16-12-22(20(24)28-16)14-7-8-17(26-2)18(10-14)27-3/h4-10,16H,11-12H2,1-3H3,(H,21,23). The van der Waals surface area contributed by atoms with Crippen molar-refractivity contribution in [3.63, 3.8) is 0 Å². The predicted octanol–water partition coefficient (Wildman–Crippen LogP) is 2.47. The Morgan fingerprint density at radius 1 is 1.11 bits per heavy atom. The van der Waals surface area contributed by atoms with E-state index in [1.54, 1.807) is 49.6 Å². The van der Waals surface area contributed by atoms with E-state index in [1.807, 2.05) is 0 Å². The number of nitrogens with one attached hydrogen (secondary N) is 1. The molecule has 0 radical (unpaired) electrons. The average Bonchev–Trinajstić information content (AvgIpc) is 3.11. The molecule has 1 N–H and O–H groups in total. The minimum atomic E-state index is -0.479. The molecule has 1 aliphatic rings. The summed E-state index contributed by atoms with van der Waals surface area (Å²) < 4.78 is 21.0. The summed E-state index contributed by atoms with van der Waals surface area (Å²) in [4.78, 5) is 26.0. The minimum absolute atomic E-state index is 0.200. The molecule has 2 aromatic rings. The summed E-state index contributed by atoms with van der Waals surface area (Å²) in [5, 5.41) is 2.78. The first-order valence-electron chi connectivity index (χ1n) is 8.68. The molecule has 8 heteroatoms. The Morgan fingerprint density at radius 3 is 2.61 bits per heavy atom. The van der Waals surface area contributed by atoms with Crippen molar-refractivity contribution in [2.75, 3.05) is 39.3 Å². The molecule has 1 heterocycles. The van der Waals surface area contributed by atoms with Crippen LogP contribution in [-0.2, 0) is 4.74 Å². The zero-order valence-corrected chi connectivity index (χ0v) is 15.9. The van der Waals surface area contributed by atoms with E-state index in [-0.39, 0.29) is 12.5 Å². The van der Waals surface area contributed by atoms with E-state index < -0.39 is 12.2 Å². The summed E-state index contributed by atoms with van der Waals surface area (Å²) in [6, 6.07) is 12.0. The van der Waals surface area contributed by atoms with Gasteiger partial charge in [-0.25, -0.2) is 4.79 Å². The van der Waals surface area contributed by atoms with E-state index in [4.69, 9.17) is 18.9 Å². The zero-order valence-electron chi connectivity index (χ0n) is 15.9. The number of amides is 2. The Kier molecular flexibility index (Phi) is 5.88. The van der Waals surface area contributed by atoms with Crippen LogP contribution in [0.4, 0.5) is 10.5 Å². The number of cyclic esters (lactones) is 1. The molecule has 3 rings (SSSR count). The van der Waals surface area contributed by atoms with Crippen LogP contribution in [0.3, 0.4) is 0 Å². The minimum Gasteiger partial charge on any atom is -0.497 e. The third-order valence-electron chi connectivity index (χ3n) is 4.38. The summed E-state index contributed by atoms with van der Waals surface area (Å²) in [5.74, 6) is 1.42. The second-order valence-electron chi connectivity index (χ2n) is 6.10. The van der Waals surface area contributed by atoms with Crippen molar-refractivity contribution in [1.82, 2.24) is 5.32 Å². The molecular formula is C20H22N2O6. The van der Waals surface area contributed by atoms with E-state index in [2.05, 4.69) is 5.32 Å². The third kappa shape index (κ3) is 4.11. The maximum Gasteiger partial charge on any atom is 0.414 e. The number of ether oxygens (including phenoxy) is 4. The number of carbonyl (C=O) groups excluding carboxylic acids is 2. The fraction of sp³-hybridized carbons (Fsp3) is 0.300. The third-order valence-corrected chi connectivity index (χ3v) is 4.38. The summed E-state index contributed by atoms with van der Waals surface area (Å²) >= 11 is 0. The zero-order chi connectivity index (χ0) is 20.1. The molecular weight excluding hydrogens is 364 g/mol. The molecule has 0 aromatic heterocycles. The quantitative estimate of drug-likeness (QED) is 0.787. The van der Waals surface area contributed by atoms with Gasteiger partial charge in [0, 0.05) is 11.6 Å². The first-order valence-corrected chi connectivity index (χ1v) is 8.68. The fourth-order valence-corrected chi connectivity index (χ4v) is 2.90. The Balaban J connectivity index is 1.62. The van der Waals surface area contributed by atoms with Gasteiger partial charge >= 0.3 is 6.09 Å². The number of methoxy groups -OCH3 is 3. The van der Waals surface area contributed by atoms with Crippen LogP contribution in [-0.4, -0.2) is 52.5 Å². The topological polar surface area (TPSA) is 86.3 Å². The van der Waals surface area contributed by atoms with E-state index in [9.17, 15) is 9.59 Å². The lowest BCUT2D eigenvalue weighted by Crippen LogP contribution is -2.34. The smallest absolute Gasteiger partial charge is 0.414 e. The lowest BCUT2D eigenvalue weighted by atomic mass is 10.2. The first-order chi connectivity index (χ1) is 13.5. The summed E-state index contributed by atoms with van der Waals surface area (Å²) in [6.07, 6.45) is -0.942. The molecule has 2 amide bonds. The van der Waals surface area contributed by atoms with Crippen LogP contribution < -0.4 is 24.4 Å². The predicted molar refractivity (Wildman–Crippen MR) is 102 cm³/mol. The highest BCUT2D eigenvalue weighted by Gasteiger charge is 2.33. The molecule has 8 nitrogen and oxygen atoms in total. The monoisotopic (exact) mass is 386 g/mol. The van der Waals surface area contributed by atoms with Crippen molar-refractivity contribution in [3.8, 4) is 17.2 Å². The van der Waals surface area contributed by atoms with Gasteiger partial charge in [0.25, 0.3) is 5.91 Å². The summed E-state index contributed by atoms with van der Waals surface area (Å²) in [6.45, 7) is 0.512. The SMILES string of the molecule is COc1cccc(C(=O)NCC2CN(c3ccc(OC)c(OC)c3)C(=O)O2)c1. The number of rotatable bonds is 7. The van der Waals surface area contributed by atoms with E-state index in [0.29, 0.717) is 35.0 Å². The van der Waals surface area contributed by atoms with Crippen LogP contribution in [0, 0.1) is 0 Å². The molecule has 0 aliphatic carbocycles. The van der Waals surface area contributed by atoms with Crippen molar-refractivity contribution < 1.29 is 28.5 Å². The first kappa shape index (κ1) is 19.3. The van der Waals surface area contributed by atoms with Crippen molar-refractivity contribution in [2.45, 2.75) is 6.10 Å². The lowest BCUT2D eigenvalue weighted by molar-refractivity contribution is 0.0916. The molecule has 1 aliphatic heterocycles. The van der Waals surface area contributed by atoms with Crippen LogP contribution in [0.2, 0.25) is 0 Å². The average molecular weight is 386 g/mol. The van der Waals surface area contributed by atoms with Gasteiger partial charge in [-0.2, -0.15) is 0 Å². The number of carbonyl (C=O) groups is 2. The number of hydrogen-bond acceptors (Lipinski definition) is 6. The molecule has 0 saturated carbocycles. The summed E-state index contributed by atoms with van der Waals surface area (Å²) in [7, 11) is 4.61. The van der Waals surface area contributed by atoms with Gasteiger partial charge in [0.1, 0.15) is 11.9 Å². The largest absolute Gasteiger partial charge is 0.497 e. The molecule has 2 aromatic carbocycles. The van der Waals surface area contributed by atoms with Gasteiger partial charge < -0.3 is 24.3 Å². The maximum absolute atomic E-state index is 12.3. The second-order valence-corrected chi connectivity index (χ2v) is 6.10. The highest BCUT2D eigenvalue weighted by Crippen LogP contribution is 2.33. The Morgan fingerprint density at radius 2 is 1.89 bits per heavy atom. The number of anilines is 1. The van der Waals surface area contributed by atoms with Crippen LogP contribution >= 0.6 is 0 Å². The Bertz CT molecular complexity index is 870. The molecule has 0 spiro atoms. The summed E-state index contributed by atoms with van der Waals surface area (Å²) in [5.41, 5.74) is 1.10. The van der Waals surface area contributed by atoms with Gasteiger partial charge in [0.05, 0.1) is 40.1 Å². The highest BCUT2D eigenvalue weighted by molar-refractivity contribution is 5.95. The molecule has 1 atom stereocenters. The lowest BCUT2D eigenvalue weighted by Gasteiger charge is -2.15. The van der Waals surface area contributed by atoms with E-state index in [1.165, 1.54) is 19.1 Å². The van der Waals surface area contributed by atoms with Gasteiger partial charge in [0.15, 0.2) is 11.5 Å². The maximum atomic E-state index is 12.3. The highest BCUT2D eigenvalue weighted by atomic mass is 16.6. The molecule has 0 bridgehead atoms. The van der Waals surface area contributed by atoms with Crippen molar-refractivity contribution in [1.29, 1.82) is 0 Å². The van der Waals surface area contributed by atoms with Crippen LogP contribution in [0.1, 0.15) is 10.4 Å². The van der Waals surface area contributed by atoms with Gasteiger partial charge in [-0.15, -0.1) is 0 Å². The van der Waals surface area contributed by atoms with E-state index >= 15 is 0 Å². The van der Waals surface area contributed by atoms with Crippen molar-refractivity contribution >= 4 is 17.7 Å². The van der Waals surface area contributed by atoms with Crippen molar-refractivity contribution in [2.24, 2.45) is 0 Å². The molecule has 28 heavy (non-hydrogen) atoms. The molecule has 1 unspecified atom stereocenters. The van der Waals surface area contributed by atoms with Gasteiger partial charge in [-0.05, 0) is 30.3 Å². The molecule has 1 fully saturated rings. The van der Waals surface area contributed by atoms with E-state index in [0.717, 1.165) is 0 Å². The normalized spacial score (nSPS) is 15.8. The Labute approximate surface area is 162 Å². The molecule has 1 saturated heterocycles. The van der Waals surface area contributed by atoms with Crippen molar-refractivity contribution in [3.05, 3.63) is 48.0 Å². The van der Waals surface area contributed by atoms with Crippen LogP contribution in [0.5, 0.6) is 17.2 Å². The van der Waals surface area contributed by atoms with Gasteiger partial charge in [0.2, 0.25) is 0 Å². The number of benzene rings is 2. The Hall–Kier alpha value is -3.42.